The predicted molar refractivity (Wildman–Crippen MR) is 81.8 cm³/mol. The number of nitrogens with one attached hydrogen (secondary N) is 1. The van der Waals surface area contributed by atoms with Gasteiger partial charge >= 0.3 is 0 Å². The second-order valence-corrected chi connectivity index (χ2v) is 6.08. The van der Waals surface area contributed by atoms with Crippen molar-refractivity contribution in [2.45, 2.75) is 45.1 Å². The molecule has 1 aliphatic carbocycles. The molecule has 0 spiro atoms. The Bertz CT molecular complexity index is 461. The molecule has 0 aromatic heterocycles. The molecule has 1 aliphatic rings. The van der Waals surface area contributed by atoms with E-state index in [4.69, 9.17) is 15.9 Å². The van der Waals surface area contributed by atoms with E-state index in [1.54, 1.807) is 0 Å². The molecule has 0 saturated heterocycles. The third-order valence-corrected chi connectivity index (χ3v) is 4.37. The lowest BCUT2D eigenvalue weighted by atomic mass is 9.84. The van der Waals surface area contributed by atoms with E-state index in [0.717, 1.165) is 23.1 Å². The highest BCUT2D eigenvalue weighted by Gasteiger charge is 2.26. The minimum Gasteiger partial charge on any atom is -0.489 e. The fourth-order valence-electron chi connectivity index (χ4n) is 2.78. The highest BCUT2D eigenvalue weighted by atomic mass is 79.9. The van der Waals surface area contributed by atoms with Gasteiger partial charge in [-0.05, 0) is 49.8 Å². The first-order valence-electron chi connectivity index (χ1n) is 6.92. The minimum atomic E-state index is 0.0614. The summed E-state index contributed by atoms with van der Waals surface area (Å²) in [5.41, 5.74) is 6.31. The van der Waals surface area contributed by atoms with Gasteiger partial charge in [-0.2, -0.15) is 0 Å². The molecule has 3 N–H and O–H groups in total. The van der Waals surface area contributed by atoms with Gasteiger partial charge in [0.05, 0.1) is 5.56 Å². The summed E-state index contributed by atoms with van der Waals surface area (Å²) < 4.78 is 7.14. The van der Waals surface area contributed by atoms with Crippen molar-refractivity contribution >= 4 is 21.8 Å². The molecule has 2 atom stereocenters. The van der Waals surface area contributed by atoms with Crippen LogP contribution in [0.4, 0.5) is 0 Å². The van der Waals surface area contributed by atoms with Gasteiger partial charge in [-0.25, -0.2) is 0 Å². The molecular weight excluding hydrogens is 304 g/mol. The van der Waals surface area contributed by atoms with Crippen LogP contribution in [0.2, 0.25) is 0 Å². The van der Waals surface area contributed by atoms with Gasteiger partial charge < -0.3 is 10.5 Å². The molecule has 4 heteroatoms. The number of amidine groups is 1. The lowest BCUT2D eigenvalue weighted by Crippen LogP contribution is -2.30. The number of hydrogen-bond acceptors (Lipinski definition) is 2. The standard InChI is InChI=1S/C15H21BrN2O/c1-2-10-5-3-4-6-13(10)19-14-9-11(16)7-8-12(14)15(17)18/h7-10,13H,2-6H2,1H3,(H3,17,18). The van der Waals surface area contributed by atoms with E-state index >= 15 is 0 Å². The maximum atomic E-state index is 7.64. The monoisotopic (exact) mass is 324 g/mol. The fourth-order valence-corrected chi connectivity index (χ4v) is 3.12. The van der Waals surface area contributed by atoms with E-state index in [1.807, 2.05) is 18.2 Å². The molecule has 1 aromatic carbocycles. The smallest absolute Gasteiger partial charge is 0.131 e. The van der Waals surface area contributed by atoms with Crippen LogP contribution in [-0.4, -0.2) is 11.9 Å². The normalized spacial score (nSPS) is 23.1. The summed E-state index contributed by atoms with van der Waals surface area (Å²) in [4.78, 5) is 0. The van der Waals surface area contributed by atoms with E-state index in [-0.39, 0.29) is 11.9 Å². The van der Waals surface area contributed by atoms with Crippen LogP contribution in [0.3, 0.4) is 0 Å². The van der Waals surface area contributed by atoms with Gasteiger partial charge in [-0.15, -0.1) is 0 Å². The van der Waals surface area contributed by atoms with Gasteiger partial charge in [-0.3, -0.25) is 5.41 Å². The molecule has 19 heavy (non-hydrogen) atoms. The van der Waals surface area contributed by atoms with Crippen LogP contribution in [0, 0.1) is 11.3 Å². The van der Waals surface area contributed by atoms with Gasteiger partial charge in [-0.1, -0.05) is 29.3 Å². The summed E-state index contributed by atoms with van der Waals surface area (Å²) in [7, 11) is 0. The fraction of sp³-hybridized carbons (Fsp3) is 0.533. The average Bonchev–Trinajstić information content (AvgIpc) is 2.39. The van der Waals surface area contributed by atoms with Gasteiger partial charge in [0, 0.05) is 4.47 Å². The summed E-state index contributed by atoms with van der Waals surface area (Å²) in [5.74, 6) is 1.41. The van der Waals surface area contributed by atoms with Crippen molar-refractivity contribution in [1.82, 2.24) is 0 Å². The van der Waals surface area contributed by atoms with Crippen LogP contribution < -0.4 is 10.5 Å². The van der Waals surface area contributed by atoms with Crippen LogP contribution >= 0.6 is 15.9 Å². The second-order valence-electron chi connectivity index (χ2n) is 5.16. The summed E-state index contributed by atoms with van der Waals surface area (Å²) in [6, 6.07) is 5.64. The minimum absolute atomic E-state index is 0.0614. The van der Waals surface area contributed by atoms with Gasteiger partial charge in [0.15, 0.2) is 0 Å². The zero-order valence-corrected chi connectivity index (χ0v) is 12.9. The summed E-state index contributed by atoms with van der Waals surface area (Å²) in [5, 5.41) is 7.64. The molecule has 0 heterocycles. The summed E-state index contributed by atoms with van der Waals surface area (Å²) in [6.07, 6.45) is 6.27. The number of halogens is 1. The Morgan fingerprint density at radius 2 is 2.16 bits per heavy atom. The quantitative estimate of drug-likeness (QED) is 0.647. The molecular formula is C15H21BrN2O. The van der Waals surface area contributed by atoms with Crippen molar-refractivity contribution in [3.8, 4) is 5.75 Å². The van der Waals surface area contributed by atoms with Gasteiger partial charge in [0.2, 0.25) is 0 Å². The number of hydrogen-bond donors (Lipinski definition) is 2. The molecule has 2 unspecified atom stereocenters. The number of nitrogens with two attached hydrogens (primary N) is 1. The SMILES string of the molecule is CCC1CCCCC1Oc1cc(Br)ccc1C(=N)N. The van der Waals surface area contributed by atoms with E-state index in [9.17, 15) is 0 Å². The topological polar surface area (TPSA) is 59.1 Å². The molecule has 1 fully saturated rings. The molecule has 104 valence electrons. The van der Waals surface area contributed by atoms with E-state index in [1.165, 1.54) is 19.3 Å². The van der Waals surface area contributed by atoms with Crippen LogP contribution in [0.15, 0.2) is 22.7 Å². The van der Waals surface area contributed by atoms with E-state index in [2.05, 4.69) is 22.9 Å². The predicted octanol–water partition coefficient (Wildman–Crippen LogP) is 4.08. The second kappa shape index (κ2) is 6.42. The van der Waals surface area contributed by atoms with E-state index < -0.39 is 0 Å². The van der Waals surface area contributed by atoms with E-state index in [0.29, 0.717) is 11.5 Å². The highest BCUT2D eigenvalue weighted by molar-refractivity contribution is 9.10. The van der Waals surface area contributed by atoms with Crippen molar-refractivity contribution in [3.63, 3.8) is 0 Å². The van der Waals surface area contributed by atoms with Crippen molar-refractivity contribution in [2.75, 3.05) is 0 Å². The third-order valence-electron chi connectivity index (χ3n) is 3.88. The lowest BCUT2D eigenvalue weighted by molar-refractivity contribution is 0.0901. The first kappa shape index (κ1) is 14.4. The molecule has 0 amide bonds. The van der Waals surface area contributed by atoms with Crippen molar-refractivity contribution in [1.29, 1.82) is 5.41 Å². The van der Waals surface area contributed by atoms with Crippen molar-refractivity contribution in [3.05, 3.63) is 28.2 Å². The number of rotatable bonds is 4. The maximum absolute atomic E-state index is 7.64. The molecule has 1 saturated carbocycles. The summed E-state index contributed by atoms with van der Waals surface area (Å²) >= 11 is 3.45. The maximum Gasteiger partial charge on any atom is 0.131 e. The number of nitrogen functional groups attached to an aromatic ring is 1. The largest absolute Gasteiger partial charge is 0.489 e. The molecule has 2 rings (SSSR count). The Morgan fingerprint density at radius 3 is 2.84 bits per heavy atom. The first-order valence-corrected chi connectivity index (χ1v) is 7.71. The Hall–Kier alpha value is -1.03. The molecule has 3 nitrogen and oxygen atoms in total. The van der Waals surface area contributed by atoms with Gasteiger partial charge in [0.1, 0.15) is 17.7 Å². The Labute approximate surface area is 123 Å². The molecule has 0 bridgehead atoms. The number of ether oxygens (including phenoxy) is 1. The zero-order chi connectivity index (χ0) is 13.8. The third kappa shape index (κ3) is 3.50. The summed E-state index contributed by atoms with van der Waals surface area (Å²) in [6.45, 7) is 2.22. The molecule has 0 aliphatic heterocycles. The van der Waals surface area contributed by atoms with Crippen molar-refractivity contribution < 1.29 is 4.74 Å². The Morgan fingerprint density at radius 1 is 1.42 bits per heavy atom. The first-order chi connectivity index (χ1) is 9.11. The number of benzene rings is 1. The average molecular weight is 325 g/mol. The van der Waals surface area contributed by atoms with Crippen LogP contribution in [-0.2, 0) is 0 Å². The van der Waals surface area contributed by atoms with Crippen LogP contribution in [0.25, 0.3) is 0 Å². The highest BCUT2D eigenvalue weighted by Crippen LogP contribution is 2.32. The molecule has 1 aromatic rings. The van der Waals surface area contributed by atoms with Crippen LogP contribution in [0.5, 0.6) is 5.75 Å². The zero-order valence-electron chi connectivity index (χ0n) is 11.3. The Kier molecular flexibility index (Phi) is 4.86. The van der Waals surface area contributed by atoms with Crippen LogP contribution in [0.1, 0.15) is 44.6 Å². The van der Waals surface area contributed by atoms with Gasteiger partial charge in [0.25, 0.3) is 0 Å². The Balaban J connectivity index is 2.21. The molecule has 0 radical (unpaired) electrons. The lowest BCUT2D eigenvalue weighted by Gasteiger charge is -2.31. The van der Waals surface area contributed by atoms with Crippen molar-refractivity contribution in [2.24, 2.45) is 11.7 Å².